The van der Waals surface area contributed by atoms with E-state index in [2.05, 4.69) is 20.6 Å². The maximum atomic E-state index is 13.7. The molecule has 0 fully saturated rings. The van der Waals surface area contributed by atoms with Crippen molar-refractivity contribution in [2.45, 2.75) is 26.9 Å². The van der Waals surface area contributed by atoms with Gasteiger partial charge in [0.1, 0.15) is 18.3 Å². The van der Waals surface area contributed by atoms with Gasteiger partial charge in [0.25, 0.3) is 11.8 Å². The number of anilines is 1. The first-order valence-electron chi connectivity index (χ1n) is 12.3. The molecule has 8 nitrogen and oxygen atoms in total. The molecule has 0 saturated heterocycles. The first-order chi connectivity index (χ1) is 19.0. The number of nitrogens with zero attached hydrogens (tertiary/aromatic N) is 4. The second-order valence-electron chi connectivity index (χ2n) is 9.48. The van der Waals surface area contributed by atoms with E-state index in [4.69, 9.17) is 0 Å². The number of halogens is 3. The lowest BCUT2D eigenvalue weighted by Crippen LogP contribution is -2.18. The normalized spacial score (nSPS) is 11.6. The molecule has 5 rings (SSSR count). The van der Waals surface area contributed by atoms with Crippen molar-refractivity contribution in [3.63, 3.8) is 0 Å². The monoisotopic (exact) mass is 546 g/mol. The Morgan fingerprint density at radius 3 is 2.30 bits per heavy atom. The number of aryl methyl sites for hydroxylation is 3. The minimum Gasteiger partial charge on any atom is -0.354 e. The van der Waals surface area contributed by atoms with Crippen LogP contribution in [0, 0.1) is 20.8 Å². The van der Waals surface area contributed by atoms with Gasteiger partial charge in [-0.3, -0.25) is 14.2 Å². The van der Waals surface area contributed by atoms with Crippen LogP contribution in [0.3, 0.4) is 0 Å². The smallest absolute Gasteiger partial charge is 0.354 e. The Bertz CT molecular complexity index is 1780. The van der Waals surface area contributed by atoms with E-state index < -0.39 is 23.6 Å². The van der Waals surface area contributed by atoms with Crippen molar-refractivity contribution < 1.29 is 22.8 Å². The molecule has 204 valence electrons. The second kappa shape index (κ2) is 9.99. The number of aromatic nitrogens is 4. The number of rotatable bonds is 5. The van der Waals surface area contributed by atoms with Crippen molar-refractivity contribution in [2.75, 3.05) is 12.4 Å². The molecule has 2 aromatic heterocycles. The van der Waals surface area contributed by atoms with Crippen molar-refractivity contribution in [2.24, 2.45) is 0 Å². The van der Waals surface area contributed by atoms with Gasteiger partial charge < -0.3 is 15.2 Å². The van der Waals surface area contributed by atoms with Crippen molar-refractivity contribution in [1.29, 1.82) is 0 Å². The fourth-order valence-corrected chi connectivity index (χ4v) is 4.52. The van der Waals surface area contributed by atoms with E-state index in [-0.39, 0.29) is 22.6 Å². The molecule has 0 aliphatic rings. The van der Waals surface area contributed by atoms with Crippen LogP contribution in [-0.2, 0) is 6.18 Å². The van der Waals surface area contributed by atoms with Crippen LogP contribution in [0.25, 0.3) is 22.4 Å². The van der Waals surface area contributed by atoms with Gasteiger partial charge in [0.2, 0.25) is 0 Å². The maximum absolute atomic E-state index is 13.7. The van der Waals surface area contributed by atoms with Crippen LogP contribution in [0.15, 0.2) is 67.4 Å². The Hall–Kier alpha value is -4.93. The Labute approximate surface area is 227 Å². The Morgan fingerprint density at radius 2 is 1.57 bits per heavy atom. The van der Waals surface area contributed by atoms with Crippen LogP contribution >= 0.6 is 0 Å². The first kappa shape index (κ1) is 26.7. The van der Waals surface area contributed by atoms with Gasteiger partial charge in [0.05, 0.1) is 22.3 Å². The van der Waals surface area contributed by atoms with Crippen molar-refractivity contribution in [3.8, 4) is 11.4 Å². The molecule has 2 amide bonds. The molecule has 0 atom stereocenters. The zero-order chi connectivity index (χ0) is 28.8. The van der Waals surface area contributed by atoms with Crippen LogP contribution in [0.4, 0.5) is 18.9 Å². The predicted octanol–water partition coefficient (Wildman–Crippen LogP) is 5.77. The van der Waals surface area contributed by atoms with E-state index in [9.17, 15) is 22.8 Å². The molecule has 11 heteroatoms. The van der Waals surface area contributed by atoms with E-state index >= 15 is 0 Å². The lowest BCUT2D eigenvalue weighted by molar-refractivity contribution is -0.137. The van der Waals surface area contributed by atoms with Gasteiger partial charge in [0.15, 0.2) is 0 Å². The second-order valence-corrected chi connectivity index (χ2v) is 9.48. The van der Waals surface area contributed by atoms with Gasteiger partial charge in [0, 0.05) is 30.2 Å². The average Bonchev–Trinajstić information content (AvgIpc) is 3.59. The van der Waals surface area contributed by atoms with Crippen molar-refractivity contribution in [1.82, 2.24) is 24.4 Å². The third-order valence-electron chi connectivity index (χ3n) is 6.67. The minimum atomic E-state index is -4.67. The zero-order valence-electron chi connectivity index (χ0n) is 22.1. The Kier molecular flexibility index (Phi) is 6.66. The molecule has 0 saturated carbocycles. The molecule has 3 aromatic carbocycles. The van der Waals surface area contributed by atoms with Crippen LogP contribution in [0.2, 0.25) is 0 Å². The molecule has 0 bridgehead atoms. The van der Waals surface area contributed by atoms with E-state index in [1.807, 2.05) is 37.5 Å². The summed E-state index contributed by atoms with van der Waals surface area (Å²) in [5.74, 6) is -1.06. The largest absolute Gasteiger partial charge is 0.416 e. The summed E-state index contributed by atoms with van der Waals surface area (Å²) in [4.78, 5) is 33.6. The van der Waals surface area contributed by atoms with E-state index in [1.165, 1.54) is 30.2 Å². The van der Waals surface area contributed by atoms with Crippen LogP contribution in [0.5, 0.6) is 0 Å². The van der Waals surface area contributed by atoms with Crippen molar-refractivity contribution in [3.05, 3.63) is 101 Å². The molecule has 0 aliphatic heterocycles. The lowest BCUT2D eigenvalue weighted by atomic mass is 10.1. The molecule has 2 N–H and O–H groups in total. The summed E-state index contributed by atoms with van der Waals surface area (Å²) in [6.45, 7) is 5.86. The predicted molar refractivity (Wildman–Crippen MR) is 145 cm³/mol. The Morgan fingerprint density at radius 1 is 0.850 bits per heavy atom. The SMILES string of the molecule is CNC(=O)c1cn(-c2cc(NC(=O)c3ccc(C)c(-n4cnc5c(C)ccc(C)c54)c3)cc(C(F)(F)F)c2)cn1. The van der Waals surface area contributed by atoms with Gasteiger partial charge in [-0.1, -0.05) is 18.2 Å². The maximum Gasteiger partial charge on any atom is 0.416 e. The van der Waals surface area contributed by atoms with Crippen LogP contribution in [-0.4, -0.2) is 38.0 Å². The summed E-state index contributed by atoms with van der Waals surface area (Å²) >= 11 is 0. The topological polar surface area (TPSA) is 93.8 Å². The van der Waals surface area contributed by atoms with E-state index in [0.717, 1.165) is 45.5 Å². The molecule has 2 heterocycles. The number of amides is 2. The van der Waals surface area contributed by atoms with E-state index in [0.29, 0.717) is 0 Å². The molecule has 0 unspecified atom stereocenters. The average molecular weight is 547 g/mol. The quantitative estimate of drug-likeness (QED) is 0.293. The van der Waals surface area contributed by atoms with Gasteiger partial charge >= 0.3 is 6.18 Å². The number of alkyl halides is 3. The summed E-state index contributed by atoms with van der Waals surface area (Å²) < 4.78 is 44.4. The molecule has 0 radical (unpaired) electrons. The fraction of sp³-hybridized carbons (Fsp3) is 0.172. The number of carbonyl (C=O) groups excluding carboxylic acids is 2. The zero-order valence-corrected chi connectivity index (χ0v) is 22.1. The lowest BCUT2D eigenvalue weighted by Gasteiger charge is -2.15. The van der Waals surface area contributed by atoms with Gasteiger partial charge in [-0.15, -0.1) is 0 Å². The standard InChI is InChI=1S/C29H25F3N6O2/c1-16-7-8-19(9-24(16)38-15-35-25-17(2)5-6-18(3)26(25)38)27(39)36-21-10-20(29(30,31)32)11-22(12-21)37-13-23(34-14-37)28(40)33-4/h5-15H,1-4H3,(H,33,40)(H,36,39). The van der Waals surface area contributed by atoms with Crippen LogP contribution in [0.1, 0.15) is 43.1 Å². The minimum absolute atomic E-state index is 0.0372. The molecule has 0 spiro atoms. The number of hydrogen-bond acceptors (Lipinski definition) is 4. The third kappa shape index (κ3) is 4.93. The highest BCUT2D eigenvalue weighted by atomic mass is 19.4. The highest BCUT2D eigenvalue weighted by Gasteiger charge is 2.32. The number of fused-ring (bicyclic) bond motifs is 1. The van der Waals surface area contributed by atoms with E-state index in [1.54, 1.807) is 24.5 Å². The molecule has 5 aromatic rings. The number of nitrogens with one attached hydrogen (secondary N) is 2. The summed E-state index contributed by atoms with van der Waals surface area (Å²) in [5.41, 5.74) is 4.78. The third-order valence-corrected chi connectivity index (χ3v) is 6.67. The van der Waals surface area contributed by atoms with Gasteiger partial charge in [-0.05, 0) is 67.8 Å². The summed E-state index contributed by atoms with van der Waals surface area (Å²) in [7, 11) is 1.42. The van der Waals surface area contributed by atoms with Crippen LogP contribution < -0.4 is 10.6 Å². The molecule has 0 aliphatic carbocycles. The summed E-state index contributed by atoms with van der Waals surface area (Å²) in [6, 6.07) is 12.3. The molecular weight excluding hydrogens is 521 g/mol. The highest BCUT2D eigenvalue weighted by Crippen LogP contribution is 2.33. The van der Waals surface area contributed by atoms with Crippen molar-refractivity contribution >= 4 is 28.5 Å². The highest BCUT2D eigenvalue weighted by molar-refractivity contribution is 6.05. The first-order valence-corrected chi connectivity index (χ1v) is 12.3. The number of benzene rings is 3. The summed E-state index contributed by atoms with van der Waals surface area (Å²) in [6.07, 6.45) is -0.427. The van der Waals surface area contributed by atoms with Gasteiger partial charge in [-0.25, -0.2) is 9.97 Å². The number of imidazole rings is 2. The number of carbonyl (C=O) groups is 2. The fourth-order valence-electron chi connectivity index (χ4n) is 4.52. The molecule has 40 heavy (non-hydrogen) atoms. The molecular formula is C29H25F3N6O2. The summed E-state index contributed by atoms with van der Waals surface area (Å²) in [5, 5.41) is 5.01. The number of hydrogen-bond donors (Lipinski definition) is 2. The van der Waals surface area contributed by atoms with Gasteiger partial charge in [-0.2, -0.15) is 13.2 Å². The Balaban J connectivity index is 1.52.